The maximum Gasteiger partial charge on any atom is 0.306 e. The summed E-state index contributed by atoms with van der Waals surface area (Å²) in [6.07, 6.45) is 4.07. The van der Waals surface area contributed by atoms with E-state index in [1.54, 1.807) is 24.3 Å². The molecule has 1 saturated carbocycles. The van der Waals surface area contributed by atoms with Crippen molar-refractivity contribution in [3.8, 4) is 0 Å². The number of hydrogen-bond acceptors (Lipinski definition) is 4. The summed E-state index contributed by atoms with van der Waals surface area (Å²) in [5.41, 5.74) is 0.995. The molecule has 1 fully saturated rings. The minimum absolute atomic E-state index is 0.0978. The number of hydrogen-bond donors (Lipinski definition) is 0. The minimum atomic E-state index is -3.84. The molecule has 0 aliphatic heterocycles. The molecule has 0 spiro atoms. The Morgan fingerprint density at radius 1 is 1.08 bits per heavy atom. The number of benzene rings is 1. The van der Waals surface area contributed by atoms with E-state index in [4.69, 9.17) is 3.63 Å². The molecule has 0 heterocycles. The average molecular weight is 373 g/mol. The lowest BCUT2D eigenvalue weighted by atomic mass is 10.0. The fourth-order valence-corrected chi connectivity index (χ4v) is 7.92. The van der Waals surface area contributed by atoms with Crippen LogP contribution >= 0.6 is 10.3 Å². The van der Waals surface area contributed by atoms with Crippen LogP contribution in [0.4, 0.5) is 0 Å². The van der Waals surface area contributed by atoms with Gasteiger partial charge in [-0.25, -0.2) is 3.63 Å². The Kier molecular flexibility index (Phi) is 6.51. The highest BCUT2D eigenvalue weighted by atomic mass is 32.3. The molecule has 0 amide bonds. The zero-order valence-corrected chi connectivity index (χ0v) is 16.4. The van der Waals surface area contributed by atoms with Gasteiger partial charge in [-0.05, 0) is 43.4 Å². The smallest absolute Gasteiger partial charge is 0.298 e. The molecule has 1 aromatic rings. The highest BCUT2D eigenvalue weighted by Gasteiger charge is 2.34. The number of Topliss-reactive ketones (excluding diaryl/α,β-unsaturated/α-hetero) is 1. The molecule has 136 valence electrons. The van der Waals surface area contributed by atoms with Gasteiger partial charge in [0.2, 0.25) is 0 Å². The summed E-state index contributed by atoms with van der Waals surface area (Å²) in [6.45, 7) is 5.75. The number of aryl methyl sites for hydroxylation is 1. The molecule has 0 saturated heterocycles. The van der Waals surface area contributed by atoms with E-state index in [1.807, 2.05) is 20.8 Å². The molecule has 6 heteroatoms. The first-order chi connectivity index (χ1) is 11.3. The first kappa shape index (κ1) is 19.5. The molecule has 1 aromatic carbocycles. The molecular weight excluding hydrogens is 344 g/mol. The standard InChI is InChI=1S/C18H28O4S2/c1-4-23(5-2,14-18(19)16-8-6-7-9-16)22-24(20,21)17-12-10-15(3)11-13-17/h10-13,16H,4-9,14H2,1-3H3. The summed E-state index contributed by atoms with van der Waals surface area (Å²) >= 11 is 0. The summed E-state index contributed by atoms with van der Waals surface area (Å²) in [5, 5.41) is 0. The molecule has 2 rings (SSSR count). The Hall–Kier alpha value is -0.850. The van der Waals surface area contributed by atoms with E-state index >= 15 is 0 Å². The molecule has 4 nitrogen and oxygen atoms in total. The summed E-state index contributed by atoms with van der Waals surface area (Å²) < 4.78 is 31.0. The Balaban J connectivity index is 2.19. The van der Waals surface area contributed by atoms with Crippen molar-refractivity contribution in [2.45, 2.75) is 51.3 Å². The van der Waals surface area contributed by atoms with Gasteiger partial charge in [0.15, 0.2) is 0 Å². The van der Waals surface area contributed by atoms with Gasteiger partial charge in [-0.2, -0.15) is 8.42 Å². The summed E-state index contributed by atoms with van der Waals surface area (Å²) in [7, 11) is -5.81. The maximum absolute atomic E-state index is 12.7. The Morgan fingerprint density at radius 2 is 1.62 bits per heavy atom. The van der Waals surface area contributed by atoms with Crippen molar-refractivity contribution in [3.05, 3.63) is 29.8 Å². The first-order valence-electron chi connectivity index (χ1n) is 8.64. The van der Waals surface area contributed by atoms with Crippen molar-refractivity contribution >= 4 is 26.2 Å². The van der Waals surface area contributed by atoms with Gasteiger partial charge in [0.05, 0.1) is 10.6 Å². The number of carbonyl (C=O) groups excluding carboxylic acids is 1. The number of ketones is 1. The van der Waals surface area contributed by atoms with Crippen LogP contribution in [0.1, 0.15) is 45.1 Å². The highest BCUT2D eigenvalue weighted by Crippen LogP contribution is 2.51. The van der Waals surface area contributed by atoms with Crippen LogP contribution in [0.15, 0.2) is 29.2 Å². The lowest BCUT2D eigenvalue weighted by Gasteiger charge is -2.36. The topological polar surface area (TPSA) is 60.4 Å². The zero-order valence-electron chi connectivity index (χ0n) is 14.8. The number of carbonyl (C=O) groups is 1. The fraction of sp³-hybridized carbons (Fsp3) is 0.611. The largest absolute Gasteiger partial charge is 0.306 e. The predicted molar refractivity (Wildman–Crippen MR) is 100.0 cm³/mol. The Labute approximate surface area is 147 Å². The Morgan fingerprint density at radius 3 is 2.12 bits per heavy atom. The van der Waals surface area contributed by atoms with Crippen LogP contribution in [-0.4, -0.2) is 31.5 Å². The monoisotopic (exact) mass is 372 g/mol. The third-order valence-corrected chi connectivity index (χ3v) is 10.4. The molecular formula is C18H28O4S2. The van der Waals surface area contributed by atoms with Crippen molar-refractivity contribution in [2.75, 3.05) is 17.3 Å². The van der Waals surface area contributed by atoms with Gasteiger partial charge in [0.1, 0.15) is 5.78 Å². The van der Waals surface area contributed by atoms with Crippen LogP contribution in [0.2, 0.25) is 0 Å². The quantitative estimate of drug-likeness (QED) is 0.685. The van der Waals surface area contributed by atoms with E-state index in [2.05, 4.69) is 0 Å². The van der Waals surface area contributed by atoms with Gasteiger partial charge in [-0.1, -0.05) is 44.4 Å². The second-order valence-electron chi connectivity index (χ2n) is 6.47. The molecule has 0 unspecified atom stereocenters. The molecule has 1 aliphatic rings. The van der Waals surface area contributed by atoms with Gasteiger partial charge >= 0.3 is 10.1 Å². The summed E-state index contributed by atoms with van der Waals surface area (Å²) in [5.74, 6) is 1.70. The molecule has 1 aliphatic carbocycles. The van der Waals surface area contributed by atoms with Crippen molar-refractivity contribution in [1.29, 1.82) is 0 Å². The number of rotatable bonds is 8. The maximum atomic E-state index is 12.7. The van der Waals surface area contributed by atoms with Crippen molar-refractivity contribution in [3.63, 3.8) is 0 Å². The van der Waals surface area contributed by atoms with Crippen molar-refractivity contribution in [2.24, 2.45) is 5.92 Å². The second kappa shape index (κ2) is 8.02. The lowest BCUT2D eigenvalue weighted by Crippen LogP contribution is -2.26. The van der Waals surface area contributed by atoms with Crippen molar-refractivity contribution < 1.29 is 16.8 Å². The van der Waals surface area contributed by atoms with E-state index in [9.17, 15) is 13.2 Å². The van der Waals surface area contributed by atoms with Gasteiger partial charge in [-0.3, -0.25) is 4.79 Å². The Bertz CT molecular complexity index is 655. The zero-order chi connectivity index (χ0) is 17.8. The van der Waals surface area contributed by atoms with Crippen molar-refractivity contribution in [1.82, 2.24) is 0 Å². The first-order valence-corrected chi connectivity index (χ1v) is 12.1. The van der Waals surface area contributed by atoms with Gasteiger partial charge in [0.25, 0.3) is 0 Å². The SMILES string of the molecule is CCS(CC)(CC(=O)C1CCCC1)OS(=O)(=O)c1ccc(C)cc1. The van der Waals surface area contributed by atoms with Crippen LogP contribution in [-0.2, 0) is 18.5 Å². The van der Waals surface area contributed by atoms with E-state index in [0.717, 1.165) is 31.2 Å². The molecule has 0 N–H and O–H groups in total. The molecule has 0 bridgehead atoms. The van der Waals surface area contributed by atoms with Gasteiger partial charge < -0.3 is 0 Å². The third kappa shape index (κ3) is 4.61. The molecule has 24 heavy (non-hydrogen) atoms. The lowest BCUT2D eigenvalue weighted by molar-refractivity contribution is -0.120. The van der Waals surface area contributed by atoms with Crippen LogP contribution in [0.25, 0.3) is 0 Å². The van der Waals surface area contributed by atoms with Gasteiger partial charge in [-0.15, -0.1) is 10.3 Å². The minimum Gasteiger partial charge on any atom is -0.298 e. The van der Waals surface area contributed by atoms with E-state index in [1.165, 1.54) is 0 Å². The average Bonchev–Trinajstić information content (AvgIpc) is 3.09. The third-order valence-electron chi connectivity index (χ3n) is 4.81. The van der Waals surface area contributed by atoms with E-state index in [0.29, 0.717) is 11.5 Å². The summed E-state index contributed by atoms with van der Waals surface area (Å²) in [4.78, 5) is 12.8. The summed E-state index contributed by atoms with van der Waals surface area (Å²) in [6, 6.07) is 6.65. The highest BCUT2D eigenvalue weighted by molar-refractivity contribution is 8.33. The normalized spacial score (nSPS) is 17.1. The predicted octanol–water partition coefficient (Wildman–Crippen LogP) is 4.22. The second-order valence-corrected chi connectivity index (χ2v) is 11.8. The molecule has 0 aromatic heterocycles. The van der Waals surface area contributed by atoms with Gasteiger partial charge in [0, 0.05) is 5.92 Å². The molecule has 0 atom stereocenters. The van der Waals surface area contributed by atoms with Crippen LogP contribution < -0.4 is 0 Å². The fourth-order valence-electron chi connectivity index (χ4n) is 3.09. The van der Waals surface area contributed by atoms with E-state index < -0.39 is 20.4 Å². The van der Waals surface area contributed by atoms with Crippen LogP contribution in [0.3, 0.4) is 0 Å². The van der Waals surface area contributed by atoms with Crippen LogP contribution in [0, 0.1) is 12.8 Å². The van der Waals surface area contributed by atoms with E-state index in [-0.39, 0.29) is 22.3 Å². The molecule has 0 radical (unpaired) electrons. The van der Waals surface area contributed by atoms with Crippen LogP contribution in [0.5, 0.6) is 0 Å².